The summed E-state index contributed by atoms with van der Waals surface area (Å²) < 4.78 is 0. The predicted octanol–water partition coefficient (Wildman–Crippen LogP) is 1.45. The summed E-state index contributed by atoms with van der Waals surface area (Å²) in [6.45, 7) is 4.13. The summed E-state index contributed by atoms with van der Waals surface area (Å²) in [7, 11) is 0. The Morgan fingerprint density at radius 1 is 1.35 bits per heavy atom. The minimum absolute atomic E-state index is 0.177. The molecular formula is C17H21N3O3. The van der Waals surface area contributed by atoms with Crippen molar-refractivity contribution in [3.63, 3.8) is 0 Å². The normalized spacial score (nSPS) is 21.7. The molecule has 1 fully saturated rings. The Kier molecular flexibility index (Phi) is 4.45. The first kappa shape index (κ1) is 15.7. The van der Waals surface area contributed by atoms with E-state index in [1.165, 1.54) is 0 Å². The molecule has 6 heteroatoms. The van der Waals surface area contributed by atoms with Crippen LogP contribution >= 0.6 is 0 Å². The van der Waals surface area contributed by atoms with Gasteiger partial charge >= 0.3 is 5.97 Å². The van der Waals surface area contributed by atoms with Gasteiger partial charge in [0.25, 0.3) is 0 Å². The fraction of sp³-hybridized carbons (Fsp3) is 0.412. The number of aromatic amines is 1. The van der Waals surface area contributed by atoms with Crippen LogP contribution in [0.2, 0.25) is 0 Å². The zero-order valence-electron chi connectivity index (χ0n) is 13.1. The minimum Gasteiger partial charge on any atom is -0.478 e. The number of likely N-dealkylation sites (tertiary alicyclic amines) is 1. The molecule has 0 saturated carbocycles. The smallest absolute Gasteiger partial charge is 0.335 e. The van der Waals surface area contributed by atoms with E-state index in [9.17, 15) is 9.90 Å². The summed E-state index contributed by atoms with van der Waals surface area (Å²) in [6, 6.07) is 8.92. The summed E-state index contributed by atoms with van der Waals surface area (Å²) in [5.41, 5.74) is 3.36. The minimum atomic E-state index is -0.914. The Hall–Kier alpha value is -2.18. The molecule has 3 rings (SSSR count). The van der Waals surface area contributed by atoms with Crippen molar-refractivity contribution in [3.05, 3.63) is 52.8 Å². The Labute approximate surface area is 134 Å². The number of hydrogen-bond donors (Lipinski definition) is 3. The van der Waals surface area contributed by atoms with E-state index in [2.05, 4.69) is 15.1 Å². The van der Waals surface area contributed by atoms with E-state index in [1.54, 1.807) is 12.1 Å². The number of carboxylic acids is 1. The van der Waals surface area contributed by atoms with Gasteiger partial charge in [-0.1, -0.05) is 12.1 Å². The molecule has 23 heavy (non-hydrogen) atoms. The van der Waals surface area contributed by atoms with Crippen LogP contribution in [0.15, 0.2) is 30.3 Å². The van der Waals surface area contributed by atoms with Gasteiger partial charge in [-0.3, -0.25) is 10.00 Å². The maximum Gasteiger partial charge on any atom is 0.335 e. The molecule has 1 aromatic heterocycles. The molecule has 2 aromatic rings. The average molecular weight is 315 g/mol. The molecule has 1 aromatic carbocycles. The predicted molar refractivity (Wildman–Crippen MR) is 85.2 cm³/mol. The second-order valence-electron chi connectivity index (χ2n) is 6.27. The molecule has 1 aliphatic heterocycles. The number of carboxylic acid groups (broad SMARTS) is 1. The highest BCUT2D eigenvalue weighted by Crippen LogP contribution is 2.23. The van der Waals surface area contributed by atoms with Crippen molar-refractivity contribution in [2.75, 3.05) is 13.1 Å². The maximum absolute atomic E-state index is 10.9. The number of benzene rings is 1. The zero-order chi connectivity index (χ0) is 16.4. The SMILES string of the molecule is Cc1cc(C[C@@H]2CN(Cc3ccc(C(=O)O)cc3)C[C@@H]2O)n[nH]1. The Morgan fingerprint density at radius 3 is 2.70 bits per heavy atom. The van der Waals surface area contributed by atoms with Crippen LogP contribution in [0.5, 0.6) is 0 Å². The number of carbonyl (C=O) groups is 1. The third-order valence-corrected chi connectivity index (χ3v) is 4.32. The summed E-state index contributed by atoms with van der Waals surface area (Å²) >= 11 is 0. The van der Waals surface area contributed by atoms with Gasteiger partial charge in [0, 0.05) is 31.2 Å². The fourth-order valence-electron chi connectivity index (χ4n) is 3.13. The van der Waals surface area contributed by atoms with Crippen molar-refractivity contribution in [3.8, 4) is 0 Å². The fourth-order valence-corrected chi connectivity index (χ4v) is 3.13. The number of aliphatic hydroxyl groups excluding tert-OH is 1. The highest BCUT2D eigenvalue weighted by molar-refractivity contribution is 5.87. The molecular weight excluding hydrogens is 294 g/mol. The first-order valence-corrected chi connectivity index (χ1v) is 7.75. The van der Waals surface area contributed by atoms with E-state index in [0.29, 0.717) is 18.7 Å². The molecule has 6 nitrogen and oxygen atoms in total. The number of nitrogens with zero attached hydrogens (tertiary/aromatic N) is 2. The summed E-state index contributed by atoms with van der Waals surface area (Å²) in [5, 5.41) is 26.4. The molecule has 0 aliphatic carbocycles. The first-order chi connectivity index (χ1) is 11.0. The van der Waals surface area contributed by atoms with Crippen LogP contribution in [0.25, 0.3) is 0 Å². The maximum atomic E-state index is 10.9. The summed E-state index contributed by atoms with van der Waals surface area (Å²) in [6.07, 6.45) is 0.408. The van der Waals surface area contributed by atoms with Crippen molar-refractivity contribution >= 4 is 5.97 Å². The molecule has 0 spiro atoms. The number of aromatic carboxylic acids is 1. The van der Waals surface area contributed by atoms with E-state index < -0.39 is 5.97 Å². The van der Waals surface area contributed by atoms with Gasteiger partial charge in [-0.05, 0) is 37.1 Å². The Balaban J connectivity index is 1.58. The molecule has 0 unspecified atom stereocenters. The van der Waals surface area contributed by atoms with Crippen LogP contribution in [0.1, 0.15) is 27.3 Å². The second-order valence-corrected chi connectivity index (χ2v) is 6.27. The molecule has 0 radical (unpaired) electrons. The molecule has 0 amide bonds. The number of rotatable bonds is 5. The van der Waals surface area contributed by atoms with Crippen LogP contribution in [-0.4, -0.2) is 50.5 Å². The first-order valence-electron chi connectivity index (χ1n) is 7.75. The molecule has 122 valence electrons. The van der Waals surface area contributed by atoms with Crippen LogP contribution < -0.4 is 0 Å². The van der Waals surface area contributed by atoms with Gasteiger partial charge in [-0.15, -0.1) is 0 Å². The lowest BCUT2D eigenvalue weighted by atomic mass is 10.0. The van der Waals surface area contributed by atoms with Gasteiger partial charge in [0.15, 0.2) is 0 Å². The second kappa shape index (κ2) is 6.52. The largest absolute Gasteiger partial charge is 0.478 e. The summed E-state index contributed by atoms with van der Waals surface area (Å²) in [5.74, 6) is -0.738. The van der Waals surface area contributed by atoms with Gasteiger partial charge in [0.05, 0.1) is 17.4 Å². The number of aromatic nitrogens is 2. The highest BCUT2D eigenvalue weighted by Gasteiger charge is 2.31. The third kappa shape index (κ3) is 3.78. The Bertz CT molecular complexity index is 681. The lowest BCUT2D eigenvalue weighted by Gasteiger charge is -2.15. The van der Waals surface area contributed by atoms with Crippen molar-refractivity contribution < 1.29 is 15.0 Å². The number of H-pyrrole nitrogens is 1. The van der Waals surface area contributed by atoms with E-state index in [-0.39, 0.29) is 12.0 Å². The van der Waals surface area contributed by atoms with Crippen molar-refractivity contribution in [2.24, 2.45) is 5.92 Å². The van der Waals surface area contributed by atoms with Crippen molar-refractivity contribution in [1.29, 1.82) is 0 Å². The molecule has 1 saturated heterocycles. The topological polar surface area (TPSA) is 89.5 Å². The molecule has 2 atom stereocenters. The quantitative estimate of drug-likeness (QED) is 0.777. The average Bonchev–Trinajstić information content (AvgIpc) is 3.06. The number of hydrogen-bond acceptors (Lipinski definition) is 4. The number of aryl methyl sites for hydroxylation is 1. The highest BCUT2D eigenvalue weighted by atomic mass is 16.4. The third-order valence-electron chi connectivity index (χ3n) is 4.32. The molecule has 3 N–H and O–H groups in total. The van der Waals surface area contributed by atoms with Gasteiger partial charge in [0.2, 0.25) is 0 Å². The van der Waals surface area contributed by atoms with E-state index in [4.69, 9.17) is 5.11 Å². The number of nitrogens with one attached hydrogen (secondary N) is 1. The van der Waals surface area contributed by atoms with E-state index in [1.807, 2.05) is 25.1 Å². The monoisotopic (exact) mass is 315 g/mol. The number of β-amino-alcohol motifs (C(OH)–C–C–N with tert-alkyl or cyclic N) is 1. The van der Waals surface area contributed by atoms with Gasteiger partial charge < -0.3 is 10.2 Å². The standard InChI is InChI=1S/C17H21N3O3/c1-11-6-15(19-18-11)7-14-9-20(10-16(14)21)8-12-2-4-13(5-3-12)17(22)23/h2-6,14,16,21H,7-10H2,1H3,(H,18,19)(H,22,23)/t14-,16+/m1/s1. The van der Waals surface area contributed by atoms with Crippen molar-refractivity contribution in [2.45, 2.75) is 26.0 Å². The van der Waals surface area contributed by atoms with Crippen LogP contribution in [0.3, 0.4) is 0 Å². The van der Waals surface area contributed by atoms with E-state index in [0.717, 1.165) is 29.9 Å². The van der Waals surface area contributed by atoms with Gasteiger partial charge in [-0.25, -0.2) is 4.79 Å². The Morgan fingerprint density at radius 2 is 2.09 bits per heavy atom. The van der Waals surface area contributed by atoms with Crippen LogP contribution in [-0.2, 0) is 13.0 Å². The lowest BCUT2D eigenvalue weighted by Crippen LogP contribution is -2.21. The van der Waals surface area contributed by atoms with Gasteiger partial charge in [0.1, 0.15) is 0 Å². The molecule has 0 bridgehead atoms. The van der Waals surface area contributed by atoms with Crippen molar-refractivity contribution in [1.82, 2.24) is 15.1 Å². The summed E-state index contributed by atoms with van der Waals surface area (Å²) in [4.78, 5) is 13.1. The van der Waals surface area contributed by atoms with Crippen LogP contribution in [0, 0.1) is 12.8 Å². The molecule has 1 aliphatic rings. The van der Waals surface area contributed by atoms with E-state index >= 15 is 0 Å². The number of aliphatic hydroxyl groups is 1. The zero-order valence-corrected chi connectivity index (χ0v) is 13.1. The van der Waals surface area contributed by atoms with Gasteiger partial charge in [-0.2, -0.15) is 5.10 Å². The molecule has 2 heterocycles. The van der Waals surface area contributed by atoms with Crippen LogP contribution in [0.4, 0.5) is 0 Å². The lowest BCUT2D eigenvalue weighted by molar-refractivity contribution is 0.0697.